The first-order chi connectivity index (χ1) is 13.2. The van der Waals surface area contributed by atoms with Gasteiger partial charge in [0.25, 0.3) is 11.1 Å². The van der Waals surface area contributed by atoms with Crippen LogP contribution in [0.5, 0.6) is 5.75 Å². The lowest BCUT2D eigenvalue weighted by Crippen LogP contribution is -1.97. The molecule has 0 unspecified atom stereocenters. The smallest absolute Gasteiger partial charge is 0.277 e. The van der Waals surface area contributed by atoms with E-state index < -0.39 is 0 Å². The maximum atomic E-state index is 5.79. The second-order valence-electron chi connectivity index (χ2n) is 5.93. The third kappa shape index (κ3) is 4.40. The fourth-order valence-electron chi connectivity index (χ4n) is 2.38. The Labute approximate surface area is 164 Å². The van der Waals surface area contributed by atoms with Crippen LogP contribution < -0.4 is 4.74 Å². The largest absolute Gasteiger partial charge is 0.484 e. The van der Waals surface area contributed by atoms with Crippen LogP contribution in [0.3, 0.4) is 0 Å². The number of hydrogen-bond donors (Lipinski definition) is 0. The Bertz CT molecular complexity index is 1020. The molecule has 0 N–H and O–H groups in total. The van der Waals surface area contributed by atoms with Crippen molar-refractivity contribution in [3.05, 3.63) is 64.7 Å². The molecule has 0 spiro atoms. The van der Waals surface area contributed by atoms with Crippen LogP contribution in [0.25, 0.3) is 10.8 Å². The van der Waals surface area contributed by atoms with E-state index in [1.165, 1.54) is 11.8 Å². The van der Waals surface area contributed by atoms with Crippen molar-refractivity contribution in [2.24, 2.45) is 0 Å². The summed E-state index contributed by atoms with van der Waals surface area (Å²) in [5.74, 6) is 2.49. The standard InChI is InChI=1S/C19H17N3O3S2/c1-12-5-6-13(2)15(8-12)23-10-17-21-22-19(25-17)27-11-14-9-24-18(20-14)16-4-3-7-26-16/h3-9H,10-11H2,1-2H3. The van der Waals surface area contributed by atoms with Crippen molar-refractivity contribution in [1.82, 2.24) is 15.2 Å². The number of ether oxygens (including phenoxy) is 1. The maximum Gasteiger partial charge on any atom is 0.277 e. The Hall–Kier alpha value is -2.58. The minimum Gasteiger partial charge on any atom is -0.484 e. The molecule has 3 aromatic heterocycles. The normalized spacial score (nSPS) is 11.0. The minimum atomic E-state index is 0.240. The lowest BCUT2D eigenvalue weighted by atomic mass is 10.1. The SMILES string of the molecule is Cc1ccc(C)c(OCc2nnc(SCc3coc(-c4cccs4)n3)o2)c1. The zero-order valence-corrected chi connectivity index (χ0v) is 16.5. The van der Waals surface area contributed by atoms with Crippen LogP contribution in [-0.4, -0.2) is 15.2 Å². The Kier molecular flexibility index (Phi) is 5.26. The first-order valence-corrected chi connectivity index (χ1v) is 10.2. The summed E-state index contributed by atoms with van der Waals surface area (Å²) in [6, 6.07) is 10.0. The fourth-order valence-corrected chi connectivity index (χ4v) is 3.69. The van der Waals surface area contributed by atoms with Gasteiger partial charge in [-0.3, -0.25) is 0 Å². The lowest BCUT2D eigenvalue weighted by molar-refractivity contribution is 0.250. The first-order valence-electron chi connectivity index (χ1n) is 8.31. The predicted molar refractivity (Wildman–Crippen MR) is 104 cm³/mol. The highest BCUT2D eigenvalue weighted by molar-refractivity contribution is 7.98. The molecule has 0 fully saturated rings. The average molecular weight is 399 g/mol. The van der Waals surface area contributed by atoms with Gasteiger partial charge in [0.05, 0.1) is 10.6 Å². The first kappa shape index (κ1) is 17.8. The molecule has 1 aromatic carbocycles. The Balaban J connectivity index is 1.32. The summed E-state index contributed by atoms with van der Waals surface area (Å²) in [5.41, 5.74) is 3.05. The Morgan fingerprint density at radius 2 is 2.11 bits per heavy atom. The molecule has 0 aliphatic carbocycles. The summed E-state index contributed by atoms with van der Waals surface area (Å²) in [7, 11) is 0. The number of aryl methyl sites for hydroxylation is 2. The van der Waals surface area contributed by atoms with Gasteiger partial charge in [0.15, 0.2) is 6.61 Å². The molecule has 0 radical (unpaired) electrons. The molecule has 0 amide bonds. The van der Waals surface area contributed by atoms with Crippen molar-refractivity contribution in [2.75, 3.05) is 0 Å². The molecule has 4 rings (SSSR count). The van der Waals surface area contributed by atoms with E-state index in [9.17, 15) is 0 Å². The van der Waals surface area contributed by atoms with Crippen LogP contribution in [0.2, 0.25) is 0 Å². The van der Waals surface area contributed by atoms with Crippen LogP contribution >= 0.6 is 23.1 Å². The maximum absolute atomic E-state index is 5.79. The molecule has 6 nitrogen and oxygen atoms in total. The number of hydrogen-bond acceptors (Lipinski definition) is 8. The molecule has 27 heavy (non-hydrogen) atoms. The van der Waals surface area contributed by atoms with E-state index in [1.807, 2.05) is 43.5 Å². The molecule has 3 heterocycles. The summed E-state index contributed by atoms with van der Waals surface area (Å²) in [6.45, 7) is 4.28. The lowest BCUT2D eigenvalue weighted by Gasteiger charge is -2.07. The number of oxazole rings is 1. The van der Waals surface area contributed by atoms with Gasteiger partial charge in [-0.15, -0.1) is 21.5 Å². The number of thiophene rings is 1. The van der Waals surface area contributed by atoms with Crippen LogP contribution in [0.4, 0.5) is 0 Å². The van der Waals surface area contributed by atoms with Crippen molar-refractivity contribution >= 4 is 23.1 Å². The molecule has 0 bridgehead atoms. The van der Waals surface area contributed by atoms with Crippen molar-refractivity contribution < 1.29 is 13.6 Å². The highest BCUT2D eigenvalue weighted by Crippen LogP contribution is 2.27. The van der Waals surface area contributed by atoms with Gasteiger partial charge in [-0.25, -0.2) is 4.98 Å². The predicted octanol–water partition coefficient (Wildman–Crippen LogP) is 5.27. The van der Waals surface area contributed by atoms with E-state index in [1.54, 1.807) is 17.6 Å². The summed E-state index contributed by atoms with van der Waals surface area (Å²) >= 11 is 3.01. The Morgan fingerprint density at radius 1 is 1.19 bits per heavy atom. The average Bonchev–Trinajstić information content (AvgIpc) is 3.41. The molecule has 0 saturated carbocycles. The van der Waals surface area contributed by atoms with E-state index in [0.717, 1.165) is 27.4 Å². The molecule has 0 atom stereocenters. The van der Waals surface area contributed by atoms with E-state index in [2.05, 4.69) is 21.2 Å². The number of rotatable bonds is 7. The van der Waals surface area contributed by atoms with E-state index in [0.29, 0.717) is 22.8 Å². The minimum absolute atomic E-state index is 0.240. The van der Waals surface area contributed by atoms with Gasteiger partial charge in [-0.05, 0) is 42.5 Å². The van der Waals surface area contributed by atoms with Crippen molar-refractivity contribution in [2.45, 2.75) is 31.4 Å². The molecular weight excluding hydrogens is 382 g/mol. The van der Waals surface area contributed by atoms with E-state index >= 15 is 0 Å². The molecular formula is C19H17N3O3S2. The van der Waals surface area contributed by atoms with Gasteiger partial charge in [0, 0.05) is 5.75 Å². The van der Waals surface area contributed by atoms with E-state index in [-0.39, 0.29) is 6.61 Å². The zero-order chi connectivity index (χ0) is 18.6. The number of thioether (sulfide) groups is 1. The number of benzene rings is 1. The summed E-state index contributed by atoms with van der Waals surface area (Å²) in [4.78, 5) is 5.49. The van der Waals surface area contributed by atoms with Gasteiger partial charge < -0.3 is 13.6 Å². The van der Waals surface area contributed by atoms with Crippen LogP contribution in [0, 0.1) is 13.8 Å². The van der Waals surface area contributed by atoms with Crippen LogP contribution in [0.15, 0.2) is 56.0 Å². The number of nitrogens with zero attached hydrogens (tertiary/aromatic N) is 3. The second kappa shape index (κ2) is 7.98. The van der Waals surface area contributed by atoms with Gasteiger partial charge in [-0.1, -0.05) is 30.0 Å². The third-order valence-electron chi connectivity index (χ3n) is 3.77. The molecule has 138 valence electrons. The highest BCUT2D eigenvalue weighted by atomic mass is 32.2. The third-order valence-corrected chi connectivity index (χ3v) is 5.48. The van der Waals surface area contributed by atoms with Crippen molar-refractivity contribution in [3.63, 3.8) is 0 Å². The molecule has 4 aromatic rings. The van der Waals surface area contributed by atoms with Crippen molar-refractivity contribution in [3.8, 4) is 16.5 Å². The topological polar surface area (TPSA) is 74.2 Å². The van der Waals surface area contributed by atoms with Gasteiger partial charge >= 0.3 is 0 Å². The number of aromatic nitrogens is 3. The molecule has 0 aliphatic heterocycles. The van der Waals surface area contributed by atoms with Gasteiger partial charge in [0.2, 0.25) is 5.89 Å². The van der Waals surface area contributed by atoms with Crippen LogP contribution in [0.1, 0.15) is 22.7 Å². The molecule has 0 aliphatic rings. The molecule has 0 saturated heterocycles. The van der Waals surface area contributed by atoms with E-state index in [4.69, 9.17) is 13.6 Å². The summed E-state index contributed by atoms with van der Waals surface area (Å²) < 4.78 is 16.9. The quantitative estimate of drug-likeness (QED) is 0.392. The van der Waals surface area contributed by atoms with Gasteiger partial charge in [0.1, 0.15) is 12.0 Å². The summed E-state index contributed by atoms with van der Waals surface area (Å²) in [5, 5.41) is 10.6. The zero-order valence-electron chi connectivity index (χ0n) is 14.8. The summed E-state index contributed by atoms with van der Waals surface area (Å²) in [6.07, 6.45) is 1.66. The monoisotopic (exact) mass is 399 g/mol. The van der Waals surface area contributed by atoms with Crippen LogP contribution in [-0.2, 0) is 12.4 Å². The fraction of sp³-hybridized carbons (Fsp3) is 0.211. The van der Waals surface area contributed by atoms with Gasteiger partial charge in [-0.2, -0.15) is 0 Å². The Morgan fingerprint density at radius 3 is 2.96 bits per heavy atom. The molecule has 8 heteroatoms. The highest BCUT2D eigenvalue weighted by Gasteiger charge is 2.12. The second-order valence-corrected chi connectivity index (χ2v) is 7.80. The van der Waals surface area contributed by atoms with Crippen molar-refractivity contribution in [1.29, 1.82) is 0 Å².